The molecule has 0 aliphatic carbocycles. The molecule has 0 saturated carbocycles. The van der Waals surface area contributed by atoms with Crippen molar-refractivity contribution in [2.24, 2.45) is 0 Å². The van der Waals surface area contributed by atoms with E-state index < -0.39 is 42.3 Å². The van der Waals surface area contributed by atoms with Crippen LogP contribution in [0.15, 0.2) is 157 Å². The number of hydrogen-bond acceptors (Lipinski definition) is 4. The number of aromatic nitrogens is 4. The first-order valence-electron chi connectivity index (χ1n) is 21.8. The van der Waals surface area contributed by atoms with E-state index in [1.165, 1.54) is 4.40 Å². The molecule has 7 aromatic carbocycles. The van der Waals surface area contributed by atoms with Crippen LogP contribution in [-0.4, -0.2) is 19.4 Å². The molecule has 0 bridgehead atoms. The summed E-state index contributed by atoms with van der Waals surface area (Å²) in [6, 6.07) is 21.5. The Kier molecular flexibility index (Phi) is 3.87. The molecular formula is C45H26N4S. The smallest absolute Gasteiger partial charge is 0.164 e. The fourth-order valence-electron chi connectivity index (χ4n) is 6.80. The molecule has 11 aromatic rings. The lowest BCUT2D eigenvalue weighted by Crippen LogP contribution is -2.00. The third kappa shape index (κ3) is 4.01. The molecule has 4 heterocycles. The number of rotatable bonds is 4. The van der Waals surface area contributed by atoms with Crippen LogP contribution in [0.25, 0.3) is 104 Å². The number of benzene rings is 7. The quantitative estimate of drug-likeness (QED) is 0.188. The van der Waals surface area contributed by atoms with Crippen LogP contribution in [0.5, 0.6) is 0 Å². The molecule has 50 heavy (non-hydrogen) atoms. The standard InChI is InChI=1S/C45H26N4S/c1-3-12-27(13-4-1)43-46-44(28-14-5-2-6-15-28)48-45(47-43)31-17-11-16-29(24-31)30-22-23-39-34(25-30)36-26-35-32-18-7-9-20-37(32)49-38-21-10-8-19-33(38)40(41(35)49)42(36)50-39/h1-26H/i7D,8D,9D,10D,18D,19D,20D,21D,22D,23D,25D,26D. The number of thiophene rings is 1. The highest BCUT2D eigenvalue weighted by molar-refractivity contribution is 7.26. The fraction of sp³-hybridized carbons (Fsp3) is 0. The van der Waals surface area contributed by atoms with E-state index in [9.17, 15) is 5.48 Å². The summed E-state index contributed by atoms with van der Waals surface area (Å²) in [5.74, 6) is 1.23. The second-order valence-corrected chi connectivity index (χ2v) is 12.9. The number of fused-ring (bicyclic) bond motifs is 10. The Bertz CT molecular complexity index is 3720. The molecule has 0 saturated heterocycles. The molecule has 0 radical (unpaired) electrons. The van der Waals surface area contributed by atoms with Gasteiger partial charge in [0.05, 0.1) is 33.0 Å². The molecule has 0 aliphatic heterocycles. The van der Waals surface area contributed by atoms with Gasteiger partial charge in [0.15, 0.2) is 17.5 Å². The topological polar surface area (TPSA) is 43.1 Å². The number of nitrogens with zero attached hydrogens (tertiary/aromatic N) is 4. The largest absolute Gasteiger partial charge is 0.308 e. The highest BCUT2D eigenvalue weighted by atomic mass is 32.1. The lowest BCUT2D eigenvalue weighted by Gasteiger charge is -2.10. The van der Waals surface area contributed by atoms with Crippen molar-refractivity contribution in [2.75, 3.05) is 0 Å². The van der Waals surface area contributed by atoms with Crippen molar-refractivity contribution < 1.29 is 16.4 Å². The van der Waals surface area contributed by atoms with Crippen molar-refractivity contribution in [1.29, 1.82) is 0 Å². The van der Waals surface area contributed by atoms with Gasteiger partial charge in [-0.1, -0.05) is 121 Å². The van der Waals surface area contributed by atoms with Crippen LogP contribution in [0.3, 0.4) is 0 Å². The zero-order valence-electron chi connectivity index (χ0n) is 37.8. The summed E-state index contributed by atoms with van der Waals surface area (Å²) >= 11 is 1.04. The van der Waals surface area contributed by atoms with E-state index in [0.29, 0.717) is 33.3 Å². The Hall–Kier alpha value is -6.43. The summed E-state index contributed by atoms with van der Waals surface area (Å²) in [5.41, 5.74) is 2.81. The molecular weight excluding hydrogens is 629 g/mol. The molecule has 0 aliphatic rings. The molecule has 0 amide bonds. The molecule has 0 atom stereocenters. The zero-order chi connectivity index (χ0) is 43.2. The van der Waals surface area contributed by atoms with E-state index in [4.69, 9.17) is 25.9 Å². The van der Waals surface area contributed by atoms with Crippen molar-refractivity contribution >= 4 is 69.6 Å². The van der Waals surface area contributed by atoms with E-state index in [2.05, 4.69) is 0 Å². The second-order valence-electron chi connectivity index (χ2n) is 11.9. The Balaban J connectivity index is 1.24. The van der Waals surface area contributed by atoms with E-state index in [-0.39, 0.29) is 89.3 Å². The van der Waals surface area contributed by atoms with E-state index in [1.54, 1.807) is 18.2 Å². The Labute approximate surface area is 307 Å². The molecule has 0 spiro atoms. The molecule has 5 heteroatoms. The maximum Gasteiger partial charge on any atom is 0.164 e. The van der Waals surface area contributed by atoms with Gasteiger partial charge in [-0.25, -0.2) is 15.0 Å². The van der Waals surface area contributed by atoms with E-state index >= 15 is 0 Å². The molecule has 0 N–H and O–H groups in total. The third-order valence-electron chi connectivity index (χ3n) is 9.03. The summed E-state index contributed by atoms with van der Waals surface area (Å²) in [7, 11) is 0. The van der Waals surface area contributed by atoms with Gasteiger partial charge in [-0.3, -0.25) is 0 Å². The summed E-state index contributed by atoms with van der Waals surface area (Å²) in [4.78, 5) is 14.5. The van der Waals surface area contributed by atoms with Crippen LogP contribution in [0.2, 0.25) is 0 Å². The summed E-state index contributed by atoms with van der Waals surface area (Å²) in [6.45, 7) is 0. The molecule has 0 fully saturated rings. The predicted octanol–water partition coefficient (Wildman–Crippen LogP) is 12.1. The van der Waals surface area contributed by atoms with Crippen LogP contribution in [-0.2, 0) is 0 Å². The first kappa shape index (κ1) is 18.4. The van der Waals surface area contributed by atoms with Crippen LogP contribution in [0.4, 0.5) is 0 Å². The summed E-state index contributed by atoms with van der Waals surface area (Å²) in [5, 5.41) is 0.790. The Morgan fingerprint density at radius 2 is 1.08 bits per heavy atom. The molecule has 4 aromatic heterocycles. The van der Waals surface area contributed by atoms with Gasteiger partial charge >= 0.3 is 0 Å². The van der Waals surface area contributed by atoms with Gasteiger partial charge < -0.3 is 4.40 Å². The summed E-state index contributed by atoms with van der Waals surface area (Å²) in [6.07, 6.45) is 0. The lowest BCUT2D eigenvalue weighted by atomic mass is 9.99. The third-order valence-corrected chi connectivity index (χ3v) is 10.1. The number of para-hydroxylation sites is 2. The van der Waals surface area contributed by atoms with Gasteiger partial charge in [0, 0.05) is 58.4 Å². The fourth-order valence-corrected chi connectivity index (χ4v) is 7.92. The molecule has 11 rings (SSSR count). The van der Waals surface area contributed by atoms with Crippen molar-refractivity contribution in [3.63, 3.8) is 0 Å². The van der Waals surface area contributed by atoms with Gasteiger partial charge in [0.25, 0.3) is 0 Å². The van der Waals surface area contributed by atoms with Crippen molar-refractivity contribution in [3.8, 4) is 45.3 Å². The minimum Gasteiger partial charge on any atom is -0.308 e. The average Bonchev–Trinajstić information content (AvgIpc) is 3.98. The molecule has 0 unspecified atom stereocenters. The minimum absolute atomic E-state index is 0.00122. The first-order chi connectivity index (χ1) is 29.8. The van der Waals surface area contributed by atoms with Gasteiger partial charge in [0.1, 0.15) is 0 Å². The van der Waals surface area contributed by atoms with E-state index in [1.807, 2.05) is 66.7 Å². The lowest BCUT2D eigenvalue weighted by molar-refractivity contribution is 1.07. The number of hydrogen-bond donors (Lipinski definition) is 0. The Morgan fingerprint density at radius 3 is 1.80 bits per heavy atom. The van der Waals surface area contributed by atoms with Crippen LogP contribution >= 0.6 is 11.3 Å². The van der Waals surface area contributed by atoms with Crippen LogP contribution < -0.4 is 0 Å². The Morgan fingerprint density at radius 1 is 0.480 bits per heavy atom. The van der Waals surface area contributed by atoms with Gasteiger partial charge in [-0.2, -0.15) is 0 Å². The van der Waals surface area contributed by atoms with Gasteiger partial charge in [0.2, 0.25) is 0 Å². The normalized spacial score (nSPS) is 15.4. The maximum absolute atomic E-state index is 9.82. The SMILES string of the molecule is [2H]c1c(-c2cccc(-c3nc(-c4ccccc4)nc(-c4ccccc4)n3)c2)c([2H])c2c(sc3c2c([2H])c2c4c([2H])c([2H])c([2H])c([2H])c4n4c5c([2H])c([2H])c([2H])c([2H])c5c3c24)c1[2H]. The highest BCUT2D eigenvalue weighted by Crippen LogP contribution is 2.48. The highest BCUT2D eigenvalue weighted by Gasteiger charge is 2.22. The van der Waals surface area contributed by atoms with Crippen molar-refractivity contribution in [1.82, 2.24) is 19.4 Å². The second kappa shape index (κ2) is 10.5. The van der Waals surface area contributed by atoms with Crippen LogP contribution in [0, 0.1) is 0 Å². The van der Waals surface area contributed by atoms with Crippen molar-refractivity contribution in [2.45, 2.75) is 0 Å². The average molecular weight is 667 g/mol. The van der Waals surface area contributed by atoms with E-state index in [0.717, 1.165) is 22.5 Å². The van der Waals surface area contributed by atoms with Gasteiger partial charge in [-0.15, -0.1) is 11.3 Å². The van der Waals surface area contributed by atoms with Crippen molar-refractivity contribution in [3.05, 3.63) is 157 Å². The zero-order valence-corrected chi connectivity index (χ0v) is 26.6. The molecule has 232 valence electrons. The minimum atomic E-state index is -0.539. The monoisotopic (exact) mass is 666 g/mol. The summed E-state index contributed by atoms with van der Waals surface area (Å²) < 4.78 is 111. The molecule has 4 nitrogen and oxygen atoms in total. The van der Waals surface area contributed by atoms with Gasteiger partial charge in [-0.05, 0) is 47.4 Å². The predicted molar refractivity (Wildman–Crippen MR) is 209 cm³/mol. The van der Waals surface area contributed by atoms with Crippen LogP contribution in [0.1, 0.15) is 16.4 Å². The maximum atomic E-state index is 9.82. The first-order valence-corrected chi connectivity index (χ1v) is 16.6.